The fourth-order valence-electron chi connectivity index (χ4n) is 2.83. The Labute approximate surface area is 152 Å². The number of likely N-dealkylation sites (N-methyl/N-ethyl adjacent to an activating group) is 1. The Bertz CT molecular complexity index is 772. The molecule has 0 aliphatic carbocycles. The van der Waals surface area contributed by atoms with E-state index in [9.17, 15) is 9.59 Å². The summed E-state index contributed by atoms with van der Waals surface area (Å²) < 4.78 is 10.6. The van der Waals surface area contributed by atoms with Gasteiger partial charge in [0.05, 0.1) is 6.04 Å². The molecule has 7 heteroatoms. The third-order valence-corrected chi connectivity index (χ3v) is 4.51. The fourth-order valence-corrected chi connectivity index (χ4v) is 2.83. The van der Waals surface area contributed by atoms with Gasteiger partial charge >= 0.3 is 6.03 Å². The van der Waals surface area contributed by atoms with Gasteiger partial charge in [0.1, 0.15) is 0 Å². The summed E-state index contributed by atoms with van der Waals surface area (Å²) in [7, 11) is 3.56. The molecular formula is C19H23N3O4. The number of ketones is 1. The van der Waals surface area contributed by atoms with Gasteiger partial charge in [-0.15, -0.1) is 0 Å². The Kier molecular flexibility index (Phi) is 5.16. The maximum atomic E-state index is 12.7. The number of allylic oxidation sites excluding steroid dienone is 1. The first-order chi connectivity index (χ1) is 12.5. The van der Waals surface area contributed by atoms with Gasteiger partial charge < -0.3 is 24.6 Å². The third-order valence-electron chi connectivity index (χ3n) is 4.51. The number of urea groups is 1. The maximum absolute atomic E-state index is 12.7. The Balaban J connectivity index is 1.58. The molecule has 1 N–H and O–H groups in total. The normalized spacial score (nSPS) is 16.1. The van der Waals surface area contributed by atoms with Crippen LogP contribution in [0.15, 0.2) is 42.2 Å². The SMILES string of the molecule is CC(C(=O)c1ccc2c(c1)OCO2)N(C)C(=O)NCC1=CN(C)C=CC1. The standard InChI is InChI=1S/C19H23N3O4/c1-13(18(23)15-6-7-16-17(9-15)26-12-25-16)22(3)19(24)20-10-14-5-4-8-21(2)11-14/h4,6-9,11,13H,5,10,12H2,1-3H3,(H,20,24). The molecule has 1 aromatic rings. The Morgan fingerprint density at radius 2 is 2.08 bits per heavy atom. The monoisotopic (exact) mass is 357 g/mol. The predicted octanol–water partition coefficient (Wildman–Crippen LogP) is 2.36. The second kappa shape index (κ2) is 7.51. The molecule has 0 spiro atoms. The van der Waals surface area contributed by atoms with E-state index in [1.807, 2.05) is 30.4 Å². The number of rotatable bonds is 5. The molecule has 0 fully saturated rings. The number of carbonyl (C=O) groups excluding carboxylic acids is 2. The average molecular weight is 357 g/mol. The molecule has 7 nitrogen and oxygen atoms in total. The molecular weight excluding hydrogens is 334 g/mol. The van der Waals surface area contributed by atoms with Crippen molar-refractivity contribution < 1.29 is 19.1 Å². The van der Waals surface area contributed by atoms with Gasteiger partial charge in [0.15, 0.2) is 17.3 Å². The number of amides is 2. The number of hydrogen-bond donors (Lipinski definition) is 1. The summed E-state index contributed by atoms with van der Waals surface area (Å²) >= 11 is 0. The lowest BCUT2D eigenvalue weighted by Gasteiger charge is -2.25. The Morgan fingerprint density at radius 1 is 1.31 bits per heavy atom. The lowest BCUT2D eigenvalue weighted by Crippen LogP contribution is -2.46. The van der Waals surface area contributed by atoms with Gasteiger partial charge in [0.2, 0.25) is 6.79 Å². The Hall–Kier alpha value is -2.96. The number of ether oxygens (including phenoxy) is 2. The first kappa shape index (κ1) is 17.8. The number of nitrogens with zero attached hydrogens (tertiary/aromatic N) is 2. The molecule has 2 aliphatic heterocycles. The van der Waals surface area contributed by atoms with Gasteiger partial charge in [-0.2, -0.15) is 0 Å². The lowest BCUT2D eigenvalue weighted by molar-refractivity contribution is 0.0887. The molecule has 0 bridgehead atoms. The van der Waals surface area contributed by atoms with E-state index in [0.717, 1.165) is 12.0 Å². The predicted molar refractivity (Wildman–Crippen MR) is 97.1 cm³/mol. The largest absolute Gasteiger partial charge is 0.454 e. The van der Waals surface area contributed by atoms with Gasteiger partial charge in [0, 0.05) is 32.4 Å². The molecule has 138 valence electrons. The molecule has 1 atom stereocenters. The van der Waals surface area contributed by atoms with Gasteiger partial charge in [-0.3, -0.25) is 4.79 Å². The first-order valence-electron chi connectivity index (χ1n) is 8.48. The van der Waals surface area contributed by atoms with Crippen LogP contribution in [0.1, 0.15) is 23.7 Å². The van der Waals surface area contributed by atoms with Crippen LogP contribution in [0.5, 0.6) is 11.5 Å². The van der Waals surface area contributed by atoms with E-state index in [4.69, 9.17) is 9.47 Å². The van der Waals surface area contributed by atoms with Crippen molar-refractivity contribution in [1.29, 1.82) is 0 Å². The van der Waals surface area contributed by atoms with Crippen molar-refractivity contribution in [2.24, 2.45) is 0 Å². The number of fused-ring (bicyclic) bond motifs is 1. The van der Waals surface area contributed by atoms with Crippen LogP contribution < -0.4 is 14.8 Å². The van der Waals surface area contributed by atoms with Crippen LogP contribution in [-0.2, 0) is 0 Å². The quantitative estimate of drug-likeness (QED) is 0.819. The van der Waals surface area contributed by atoms with E-state index in [1.165, 1.54) is 4.90 Å². The summed E-state index contributed by atoms with van der Waals surface area (Å²) in [5, 5.41) is 2.86. The number of nitrogens with one attached hydrogen (secondary N) is 1. The summed E-state index contributed by atoms with van der Waals surface area (Å²) in [6.07, 6.45) is 6.81. The molecule has 0 saturated carbocycles. The van der Waals surface area contributed by atoms with Crippen molar-refractivity contribution in [3.05, 3.63) is 47.8 Å². The van der Waals surface area contributed by atoms with Crippen molar-refractivity contribution >= 4 is 11.8 Å². The molecule has 1 unspecified atom stereocenters. The minimum atomic E-state index is -0.599. The van der Waals surface area contributed by atoms with Crippen LogP contribution in [0.2, 0.25) is 0 Å². The summed E-state index contributed by atoms with van der Waals surface area (Å²) in [6.45, 7) is 2.32. The van der Waals surface area contributed by atoms with E-state index in [-0.39, 0.29) is 18.6 Å². The van der Waals surface area contributed by atoms with E-state index >= 15 is 0 Å². The van der Waals surface area contributed by atoms with Crippen molar-refractivity contribution in [3.8, 4) is 11.5 Å². The van der Waals surface area contributed by atoms with E-state index in [2.05, 4.69) is 5.32 Å². The van der Waals surface area contributed by atoms with Crippen LogP contribution in [0.4, 0.5) is 4.79 Å². The smallest absolute Gasteiger partial charge is 0.318 e. The summed E-state index contributed by atoms with van der Waals surface area (Å²) in [5.41, 5.74) is 1.59. The van der Waals surface area contributed by atoms with Crippen LogP contribution >= 0.6 is 0 Å². The van der Waals surface area contributed by atoms with Gasteiger partial charge in [0.25, 0.3) is 0 Å². The number of Topliss-reactive ketones (excluding diaryl/α,β-unsaturated/α-hetero) is 1. The molecule has 3 rings (SSSR count). The molecule has 0 aromatic heterocycles. The zero-order valence-corrected chi connectivity index (χ0v) is 15.2. The van der Waals surface area contributed by atoms with Gasteiger partial charge in [-0.05, 0) is 43.3 Å². The topological polar surface area (TPSA) is 71.1 Å². The van der Waals surface area contributed by atoms with Crippen molar-refractivity contribution in [3.63, 3.8) is 0 Å². The summed E-state index contributed by atoms with van der Waals surface area (Å²) in [5.74, 6) is 1.03. The first-order valence-corrected chi connectivity index (χ1v) is 8.48. The van der Waals surface area contributed by atoms with E-state index in [1.54, 1.807) is 32.2 Å². The number of carbonyl (C=O) groups is 2. The van der Waals surface area contributed by atoms with Crippen LogP contribution in [0, 0.1) is 0 Å². The fraction of sp³-hybridized carbons (Fsp3) is 0.368. The Morgan fingerprint density at radius 3 is 2.85 bits per heavy atom. The molecule has 1 aromatic carbocycles. The van der Waals surface area contributed by atoms with Crippen molar-refractivity contribution in [1.82, 2.24) is 15.1 Å². The van der Waals surface area contributed by atoms with Crippen molar-refractivity contribution in [2.45, 2.75) is 19.4 Å². The average Bonchev–Trinajstić information content (AvgIpc) is 3.12. The molecule has 26 heavy (non-hydrogen) atoms. The molecule has 0 radical (unpaired) electrons. The number of benzene rings is 1. The lowest BCUT2D eigenvalue weighted by atomic mass is 10.0. The van der Waals surface area contributed by atoms with Gasteiger partial charge in [-0.25, -0.2) is 4.79 Å². The highest BCUT2D eigenvalue weighted by molar-refractivity contribution is 6.02. The molecule has 2 amide bonds. The maximum Gasteiger partial charge on any atom is 0.318 e. The highest BCUT2D eigenvalue weighted by Gasteiger charge is 2.25. The minimum Gasteiger partial charge on any atom is -0.454 e. The summed E-state index contributed by atoms with van der Waals surface area (Å²) in [4.78, 5) is 28.4. The second-order valence-electron chi connectivity index (χ2n) is 6.42. The molecule has 2 heterocycles. The van der Waals surface area contributed by atoms with Gasteiger partial charge in [-0.1, -0.05) is 6.08 Å². The zero-order valence-electron chi connectivity index (χ0n) is 15.2. The zero-order chi connectivity index (χ0) is 18.7. The summed E-state index contributed by atoms with van der Waals surface area (Å²) in [6, 6.07) is 4.17. The van der Waals surface area contributed by atoms with Crippen LogP contribution in [-0.4, -0.2) is 55.1 Å². The van der Waals surface area contributed by atoms with Crippen LogP contribution in [0.25, 0.3) is 0 Å². The second-order valence-corrected chi connectivity index (χ2v) is 6.42. The van der Waals surface area contributed by atoms with Crippen molar-refractivity contribution in [2.75, 3.05) is 27.4 Å². The highest BCUT2D eigenvalue weighted by Crippen LogP contribution is 2.32. The van der Waals surface area contributed by atoms with E-state index in [0.29, 0.717) is 23.6 Å². The minimum absolute atomic E-state index is 0.152. The van der Waals surface area contributed by atoms with E-state index < -0.39 is 6.04 Å². The highest BCUT2D eigenvalue weighted by atomic mass is 16.7. The third kappa shape index (κ3) is 3.82. The number of hydrogen-bond acceptors (Lipinski definition) is 5. The molecule has 2 aliphatic rings. The van der Waals surface area contributed by atoms with Crippen LogP contribution in [0.3, 0.4) is 0 Å². The molecule has 0 saturated heterocycles.